The van der Waals surface area contributed by atoms with Gasteiger partial charge in [0.15, 0.2) is 5.16 Å². The van der Waals surface area contributed by atoms with E-state index in [1.54, 1.807) is 4.57 Å². The van der Waals surface area contributed by atoms with Crippen LogP contribution < -0.4 is 10.9 Å². The Morgan fingerprint density at radius 1 is 0.974 bits per heavy atom. The van der Waals surface area contributed by atoms with E-state index in [0.717, 1.165) is 71.4 Å². The summed E-state index contributed by atoms with van der Waals surface area (Å²) in [6, 6.07) is 24.1. The van der Waals surface area contributed by atoms with Crippen molar-refractivity contribution in [2.45, 2.75) is 56.5 Å². The summed E-state index contributed by atoms with van der Waals surface area (Å²) in [5.74, 6) is 0.0219. The maximum Gasteiger partial charge on any atom is 0.263 e. The van der Waals surface area contributed by atoms with Crippen molar-refractivity contribution in [1.82, 2.24) is 9.55 Å². The van der Waals surface area contributed by atoms with E-state index in [1.807, 2.05) is 68.4 Å². The minimum Gasteiger partial charge on any atom is -0.325 e. The summed E-state index contributed by atoms with van der Waals surface area (Å²) < 4.78 is 1.74. The summed E-state index contributed by atoms with van der Waals surface area (Å²) in [5, 5.41) is 3.52. The molecule has 5 nitrogen and oxygen atoms in total. The van der Waals surface area contributed by atoms with Gasteiger partial charge in [0, 0.05) is 16.7 Å². The number of benzene rings is 3. The zero-order valence-corrected chi connectivity index (χ0v) is 22.6. The Morgan fingerprint density at radius 3 is 2.47 bits per heavy atom. The lowest BCUT2D eigenvalue weighted by Gasteiger charge is -2.36. The van der Waals surface area contributed by atoms with Crippen molar-refractivity contribution in [2.75, 3.05) is 11.1 Å². The molecule has 2 aliphatic carbocycles. The summed E-state index contributed by atoms with van der Waals surface area (Å²) in [7, 11) is 0. The van der Waals surface area contributed by atoms with Crippen molar-refractivity contribution in [2.24, 2.45) is 0 Å². The van der Waals surface area contributed by atoms with E-state index in [4.69, 9.17) is 4.98 Å². The Morgan fingerprint density at radius 2 is 1.71 bits per heavy atom. The number of fused-ring (bicyclic) bond motifs is 4. The summed E-state index contributed by atoms with van der Waals surface area (Å²) in [5.41, 5.74) is 7.48. The molecule has 3 aromatic carbocycles. The van der Waals surface area contributed by atoms with Gasteiger partial charge in [-0.2, -0.15) is 0 Å². The molecule has 1 amide bonds. The number of nitrogens with zero attached hydrogens (tertiary/aromatic N) is 2. The second-order valence-corrected chi connectivity index (χ2v) is 11.6. The minimum absolute atomic E-state index is 0.00130. The molecule has 2 aliphatic rings. The maximum atomic E-state index is 14.5. The molecular weight excluding hydrogens is 490 g/mol. The van der Waals surface area contributed by atoms with E-state index in [0.29, 0.717) is 5.16 Å². The minimum atomic E-state index is -0.176. The van der Waals surface area contributed by atoms with Crippen molar-refractivity contribution in [1.29, 1.82) is 0 Å². The molecule has 38 heavy (non-hydrogen) atoms. The average Bonchev–Trinajstić information content (AvgIpc) is 3.35. The number of aryl methyl sites for hydroxylation is 2. The quantitative estimate of drug-likeness (QED) is 0.237. The monoisotopic (exact) mass is 521 g/mol. The number of rotatable bonds is 5. The fourth-order valence-electron chi connectivity index (χ4n) is 6.15. The molecule has 1 saturated carbocycles. The van der Waals surface area contributed by atoms with Crippen LogP contribution in [0.1, 0.15) is 47.9 Å². The maximum absolute atomic E-state index is 14.5. The molecule has 0 saturated heterocycles. The van der Waals surface area contributed by atoms with Crippen molar-refractivity contribution in [3.63, 3.8) is 0 Å². The van der Waals surface area contributed by atoms with Gasteiger partial charge >= 0.3 is 0 Å². The molecule has 1 aromatic heterocycles. The summed E-state index contributed by atoms with van der Waals surface area (Å²) >= 11 is 1.31. The van der Waals surface area contributed by atoms with Crippen LogP contribution in [-0.4, -0.2) is 21.2 Å². The van der Waals surface area contributed by atoms with Crippen LogP contribution in [0.15, 0.2) is 82.7 Å². The Labute approximate surface area is 227 Å². The zero-order chi connectivity index (χ0) is 26.3. The number of thioether (sulfide) groups is 1. The number of carbonyl (C=O) groups excluding carboxylic acids is 1. The number of aromatic nitrogens is 2. The number of carbonyl (C=O) groups is 1. The first-order valence-corrected chi connectivity index (χ1v) is 14.2. The highest BCUT2D eigenvalue weighted by Gasteiger charge is 2.44. The highest BCUT2D eigenvalue weighted by molar-refractivity contribution is 7.99. The smallest absolute Gasteiger partial charge is 0.263 e. The number of nitrogens with one attached hydrogen (secondary N) is 1. The van der Waals surface area contributed by atoms with Crippen LogP contribution in [0, 0.1) is 13.8 Å². The van der Waals surface area contributed by atoms with Gasteiger partial charge in [-0.1, -0.05) is 73.1 Å². The van der Waals surface area contributed by atoms with Crippen LogP contribution in [-0.2, 0) is 16.6 Å². The fourth-order valence-corrected chi connectivity index (χ4v) is 6.96. The van der Waals surface area contributed by atoms with Crippen LogP contribution in [0.5, 0.6) is 0 Å². The predicted molar refractivity (Wildman–Crippen MR) is 154 cm³/mol. The first-order chi connectivity index (χ1) is 18.4. The zero-order valence-electron chi connectivity index (χ0n) is 21.8. The summed E-state index contributed by atoms with van der Waals surface area (Å²) in [6.45, 7) is 4.02. The van der Waals surface area contributed by atoms with Gasteiger partial charge in [0.1, 0.15) is 0 Å². The van der Waals surface area contributed by atoms with Gasteiger partial charge in [0.2, 0.25) is 5.91 Å². The molecular formula is C32H31N3O2S. The van der Waals surface area contributed by atoms with Crippen LogP contribution in [0.25, 0.3) is 16.9 Å². The number of anilines is 1. The summed E-state index contributed by atoms with van der Waals surface area (Å²) in [4.78, 5) is 32.6. The first-order valence-electron chi connectivity index (χ1n) is 13.3. The number of amides is 1. The SMILES string of the molecule is Cc1cccc(NC(=O)CSc2nc3c(c(=O)n2-c2cccc(C)c2)C2(CCCC2)Cc2ccccc2-3)c1. The third-order valence-corrected chi connectivity index (χ3v) is 8.78. The van der Waals surface area contributed by atoms with E-state index in [9.17, 15) is 9.59 Å². The largest absolute Gasteiger partial charge is 0.325 e. The van der Waals surface area contributed by atoms with Crippen molar-refractivity contribution in [3.8, 4) is 16.9 Å². The van der Waals surface area contributed by atoms with Crippen LogP contribution in [0.4, 0.5) is 5.69 Å². The molecule has 0 bridgehead atoms. The standard InChI is InChI=1S/C32H31N3O2S/c1-21-9-7-12-24(17-21)33-27(36)20-38-31-34-29-26-14-4-3-11-23(26)19-32(15-5-6-16-32)28(29)30(37)35(31)25-13-8-10-22(2)18-25/h3-4,7-14,17-18H,5-6,15-16,19-20H2,1-2H3,(H,33,36). The highest BCUT2D eigenvalue weighted by Crippen LogP contribution is 2.50. The van der Waals surface area contributed by atoms with Gasteiger partial charge < -0.3 is 5.32 Å². The third kappa shape index (κ3) is 4.47. The average molecular weight is 522 g/mol. The van der Waals surface area contributed by atoms with Crippen molar-refractivity contribution in [3.05, 3.63) is 105 Å². The highest BCUT2D eigenvalue weighted by atomic mass is 32.2. The first kappa shape index (κ1) is 24.7. The van der Waals surface area contributed by atoms with Crippen LogP contribution in [0.2, 0.25) is 0 Å². The molecule has 1 spiro atoms. The van der Waals surface area contributed by atoms with Gasteiger partial charge in [-0.05, 0) is 74.1 Å². The van der Waals surface area contributed by atoms with E-state index >= 15 is 0 Å². The molecule has 1 N–H and O–H groups in total. The molecule has 0 radical (unpaired) electrons. The van der Waals surface area contributed by atoms with E-state index in [2.05, 4.69) is 23.5 Å². The second kappa shape index (κ2) is 9.91. The number of hydrogen-bond donors (Lipinski definition) is 1. The van der Waals surface area contributed by atoms with Crippen molar-refractivity contribution < 1.29 is 4.79 Å². The Balaban J connectivity index is 1.47. The van der Waals surface area contributed by atoms with E-state index in [-0.39, 0.29) is 22.6 Å². The summed E-state index contributed by atoms with van der Waals surface area (Å²) in [6.07, 6.45) is 5.14. The molecule has 1 heterocycles. The fraction of sp³-hybridized carbons (Fsp3) is 0.281. The molecule has 1 fully saturated rings. The lowest BCUT2D eigenvalue weighted by Crippen LogP contribution is -2.40. The van der Waals surface area contributed by atoms with E-state index in [1.165, 1.54) is 17.3 Å². The molecule has 6 rings (SSSR count). The normalized spacial score (nSPS) is 15.2. The molecule has 0 unspecified atom stereocenters. The third-order valence-electron chi connectivity index (χ3n) is 7.84. The molecule has 0 atom stereocenters. The lowest BCUT2D eigenvalue weighted by atomic mass is 9.68. The lowest BCUT2D eigenvalue weighted by molar-refractivity contribution is -0.113. The second-order valence-electron chi connectivity index (χ2n) is 10.6. The van der Waals surface area contributed by atoms with E-state index < -0.39 is 0 Å². The Bertz CT molecular complexity index is 1600. The van der Waals surface area contributed by atoms with Crippen LogP contribution >= 0.6 is 11.8 Å². The predicted octanol–water partition coefficient (Wildman–Crippen LogP) is 6.62. The molecule has 192 valence electrons. The molecule has 4 aromatic rings. The van der Waals surface area contributed by atoms with Gasteiger partial charge in [0.25, 0.3) is 5.56 Å². The Kier molecular flexibility index (Phi) is 6.44. The Hall–Kier alpha value is -3.64. The van der Waals surface area contributed by atoms with Crippen molar-refractivity contribution >= 4 is 23.4 Å². The number of hydrogen-bond acceptors (Lipinski definition) is 4. The molecule has 6 heteroatoms. The van der Waals surface area contributed by atoms with Gasteiger partial charge in [0.05, 0.1) is 22.7 Å². The van der Waals surface area contributed by atoms with Gasteiger partial charge in [-0.15, -0.1) is 0 Å². The van der Waals surface area contributed by atoms with Gasteiger partial charge in [-0.3, -0.25) is 14.2 Å². The topological polar surface area (TPSA) is 64.0 Å². The van der Waals surface area contributed by atoms with Crippen LogP contribution in [0.3, 0.4) is 0 Å². The molecule has 0 aliphatic heterocycles. The van der Waals surface area contributed by atoms with Gasteiger partial charge in [-0.25, -0.2) is 4.98 Å².